The van der Waals surface area contributed by atoms with E-state index in [-0.39, 0.29) is 0 Å². The van der Waals surface area contributed by atoms with Crippen molar-refractivity contribution in [1.82, 2.24) is 4.98 Å². The number of nitrogens with two attached hydrogens (primary N) is 1. The Kier molecular flexibility index (Phi) is 3.48. The molecule has 0 atom stereocenters. The zero-order valence-corrected chi connectivity index (χ0v) is 12.4. The van der Waals surface area contributed by atoms with Gasteiger partial charge in [-0.15, -0.1) is 0 Å². The summed E-state index contributed by atoms with van der Waals surface area (Å²) in [6, 6.07) is 18.5. The van der Waals surface area contributed by atoms with Crippen LogP contribution in [0.2, 0.25) is 0 Å². The van der Waals surface area contributed by atoms with E-state index in [0.717, 1.165) is 29.0 Å². The molecule has 0 bridgehead atoms. The molecular formula is C18H19N3. The van der Waals surface area contributed by atoms with E-state index < -0.39 is 0 Å². The Morgan fingerprint density at radius 1 is 1.00 bits per heavy atom. The first-order valence-electron chi connectivity index (χ1n) is 7.05. The van der Waals surface area contributed by atoms with Crippen molar-refractivity contribution in [3.63, 3.8) is 0 Å². The molecule has 3 nitrogen and oxygen atoms in total. The van der Waals surface area contributed by atoms with Crippen LogP contribution in [0, 0.1) is 6.92 Å². The Bertz CT molecular complexity index is 763. The van der Waals surface area contributed by atoms with Gasteiger partial charge in [0.15, 0.2) is 0 Å². The molecule has 0 saturated heterocycles. The Labute approximate surface area is 125 Å². The van der Waals surface area contributed by atoms with Gasteiger partial charge in [0, 0.05) is 24.7 Å². The van der Waals surface area contributed by atoms with Crippen molar-refractivity contribution >= 4 is 22.4 Å². The molecule has 2 N–H and O–H groups in total. The van der Waals surface area contributed by atoms with Crippen molar-refractivity contribution in [3.05, 3.63) is 65.7 Å². The molecule has 2 aromatic carbocycles. The Balaban J connectivity index is 1.85. The first-order valence-corrected chi connectivity index (χ1v) is 7.05. The number of anilines is 2. The van der Waals surface area contributed by atoms with E-state index >= 15 is 0 Å². The molecule has 0 aliphatic rings. The highest BCUT2D eigenvalue weighted by Crippen LogP contribution is 2.20. The van der Waals surface area contributed by atoms with Gasteiger partial charge in [-0.25, -0.2) is 4.98 Å². The zero-order chi connectivity index (χ0) is 14.8. The third-order valence-corrected chi connectivity index (χ3v) is 3.63. The molecule has 0 aliphatic carbocycles. The van der Waals surface area contributed by atoms with Gasteiger partial charge in [0.05, 0.1) is 5.52 Å². The van der Waals surface area contributed by atoms with E-state index in [1.807, 2.05) is 24.3 Å². The van der Waals surface area contributed by atoms with Gasteiger partial charge in [0.25, 0.3) is 0 Å². The molecule has 0 unspecified atom stereocenters. The fraction of sp³-hybridized carbons (Fsp3) is 0.167. The normalized spacial score (nSPS) is 10.8. The van der Waals surface area contributed by atoms with Crippen molar-refractivity contribution in [1.29, 1.82) is 0 Å². The van der Waals surface area contributed by atoms with Crippen LogP contribution in [0.15, 0.2) is 54.6 Å². The van der Waals surface area contributed by atoms with E-state index in [2.05, 4.69) is 49.2 Å². The lowest BCUT2D eigenvalue weighted by atomic mass is 10.1. The lowest BCUT2D eigenvalue weighted by molar-refractivity contribution is 0.902. The van der Waals surface area contributed by atoms with Crippen molar-refractivity contribution in [3.8, 4) is 0 Å². The number of pyridine rings is 1. The number of nitrogen functional groups attached to an aromatic ring is 1. The van der Waals surface area contributed by atoms with E-state index in [4.69, 9.17) is 10.7 Å². The highest BCUT2D eigenvalue weighted by atomic mass is 15.2. The molecule has 21 heavy (non-hydrogen) atoms. The highest BCUT2D eigenvalue weighted by Gasteiger charge is 2.05. The molecule has 3 rings (SSSR count). The van der Waals surface area contributed by atoms with Crippen molar-refractivity contribution < 1.29 is 0 Å². The number of nitrogens with zero attached hydrogens (tertiary/aromatic N) is 2. The summed E-state index contributed by atoms with van der Waals surface area (Å²) in [5.74, 6) is 0.966. The second-order valence-corrected chi connectivity index (χ2v) is 5.46. The van der Waals surface area contributed by atoms with Crippen LogP contribution in [0.25, 0.3) is 10.9 Å². The molecular weight excluding hydrogens is 258 g/mol. The number of rotatable bonds is 3. The second-order valence-electron chi connectivity index (χ2n) is 5.46. The summed E-state index contributed by atoms with van der Waals surface area (Å²) in [6.45, 7) is 2.94. The quantitative estimate of drug-likeness (QED) is 0.741. The lowest BCUT2D eigenvalue weighted by Crippen LogP contribution is -2.17. The predicted molar refractivity (Wildman–Crippen MR) is 89.4 cm³/mol. The molecule has 106 valence electrons. The van der Waals surface area contributed by atoms with Crippen LogP contribution in [0.3, 0.4) is 0 Å². The average Bonchev–Trinajstić information content (AvgIpc) is 2.49. The fourth-order valence-corrected chi connectivity index (χ4v) is 2.39. The summed E-state index contributed by atoms with van der Waals surface area (Å²) in [7, 11) is 2.06. The number of aryl methyl sites for hydroxylation is 1. The molecule has 0 amide bonds. The second kappa shape index (κ2) is 5.44. The van der Waals surface area contributed by atoms with Crippen LogP contribution in [0.4, 0.5) is 11.5 Å². The summed E-state index contributed by atoms with van der Waals surface area (Å²) >= 11 is 0. The maximum atomic E-state index is 5.80. The lowest BCUT2D eigenvalue weighted by Gasteiger charge is -2.19. The van der Waals surface area contributed by atoms with Crippen LogP contribution in [-0.4, -0.2) is 12.0 Å². The molecule has 3 heteroatoms. The van der Waals surface area contributed by atoms with E-state index in [1.54, 1.807) is 0 Å². The molecule has 0 spiro atoms. The summed E-state index contributed by atoms with van der Waals surface area (Å²) in [6.07, 6.45) is 0. The zero-order valence-electron chi connectivity index (χ0n) is 12.4. The van der Waals surface area contributed by atoms with Gasteiger partial charge in [-0.1, -0.05) is 29.8 Å². The molecule has 1 heterocycles. The Hall–Kier alpha value is -2.55. The van der Waals surface area contributed by atoms with E-state index in [1.165, 1.54) is 11.1 Å². The average molecular weight is 277 g/mol. The molecule has 1 aromatic heterocycles. The van der Waals surface area contributed by atoms with Crippen molar-refractivity contribution in [2.45, 2.75) is 13.5 Å². The van der Waals surface area contributed by atoms with E-state index in [9.17, 15) is 0 Å². The largest absolute Gasteiger partial charge is 0.399 e. The van der Waals surface area contributed by atoms with Gasteiger partial charge in [0.2, 0.25) is 0 Å². The van der Waals surface area contributed by atoms with Gasteiger partial charge in [0.1, 0.15) is 5.82 Å². The highest BCUT2D eigenvalue weighted by molar-refractivity contribution is 5.83. The number of aromatic nitrogens is 1. The molecule has 0 radical (unpaired) electrons. The standard InChI is InChI=1S/C18H19N3/c1-13-3-5-14(6-4-13)12-21(2)18-10-7-15-11-16(19)8-9-17(15)20-18/h3-11H,12,19H2,1-2H3. The van der Waals surface area contributed by atoms with Crippen LogP contribution in [-0.2, 0) is 6.54 Å². The van der Waals surface area contributed by atoms with Gasteiger partial charge in [-0.05, 0) is 42.8 Å². The van der Waals surface area contributed by atoms with E-state index in [0.29, 0.717) is 0 Å². The third kappa shape index (κ3) is 2.97. The van der Waals surface area contributed by atoms with Gasteiger partial charge < -0.3 is 10.6 Å². The number of hydrogen-bond acceptors (Lipinski definition) is 3. The number of benzene rings is 2. The minimum Gasteiger partial charge on any atom is -0.399 e. The first-order chi connectivity index (χ1) is 10.1. The minimum absolute atomic E-state index is 0.769. The Morgan fingerprint density at radius 3 is 2.52 bits per heavy atom. The molecule has 3 aromatic rings. The van der Waals surface area contributed by atoms with Crippen molar-refractivity contribution in [2.24, 2.45) is 0 Å². The maximum Gasteiger partial charge on any atom is 0.129 e. The molecule has 0 aliphatic heterocycles. The smallest absolute Gasteiger partial charge is 0.129 e. The molecule has 0 saturated carbocycles. The van der Waals surface area contributed by atoms with Crippen LogP contribution in [0.5, 0.6) is 0 Å². The maximum absolute atomic E-state index is 5.80. The first kappa shape index (κ1) is 13.4. The molecule has 0 fully saturated rings. The van der Waals surface area contributed by atoms with Gasteiger partial charge in [-0.3, -0.25) is 0 Å². The number of fused-ring (bicyclic) bond motifs is 1. The summed E-state index contributed by atoms with van der Waals surface area (Å²) in [5, 5.41) is 1.07. The SMILES string of the molecule is Cc1ccc(CN(C)c2ccc3cc(N)ccc3n2)cc1. The number of hydrogen-bond donors (Lipinski definition) is 1. The minimum atomic E-state index is 0.769. The monoisotopic (exact) mass is 277 g/mol. The Morgan fingerprint density at radius 2 is 1.76 bits per heavy atom. The van der Waals surface area contributed by atoms with Gasteiger partial charge in [-0.2, -0.15) is 0 Å². The van der Waals surface area contributed by atoms with Crippen molar-refractivity contribution in [2.75, 3.05) is 17.7 Å². The van der Waals surface area contributed by atoms with Gasteiger partial charge >= 0.3 is 0 Å². The van der Waals surface area contributed by atoms with Crippen LogP contribution < -0.4 is 10.6 Å². The fourth-order valence-electron chi connectivity index (χ4n) is 2.39. The third-order valence-electron chi connectivity index (χ3n) is 3.63. The summed E-state index contributed by atoms with van der Waals surface area (Å²) in [4.78, 5) is 6.85. The summed E-state index contributed by atoms with van der Waals surface area (Å²) < 4.78 is 0. The topological polar surface area (TPSA) is 42.1 Å². The summed E-state index contributed by atoms with van der Waals surface area (Å²) in [5.41, 5.74) is 10.1. The predicted octanol–water partition coefficient (Wildman–Crippen LogP) is 3.76. The van der Waals surface area contributed by atoms with Crippen LogP contribution >= 0.6 is 0 Å². The van der Waals surface area contributed by atoms with Crippen LogP contribution in [0.1, 0.15) is 11.1 Å².